The molecule has 0 unspecified atom stereocenters. The van der Waals surface area contributed by atoms with Gasteiger partial charge in [0.1, 0.15) is 0 Å². The molecule has 0 spiro atoms. The van der Waals surface area contributed by atoms with Crippen LogP contribution in [-0.4, -0.2) is 12.0 Å². The summed E-state index contributed by atoms with van der Waals surface area (Å²) >= 11 is 0. The van der Waals surface area contributed by atoms with Crippen LogP contribution in [0.4, 0.5) is 0 Å². The largest absolute Gasteiger partial charge is 0.412 e. The van der Waals surface area contributed by atoms with Gasteiger partial charge in [-0.3, -0.25) is 0 Å². The Balaban J connectivity index is 0.000000640. The summed E-state index contributed by atoms with van der Waals surface area (Å²) in [5.74, 6) is 0.865. The van der Waals surface area contributed by atoms with E-state index in [-0.39, 0.29) is 5.48 Å². The van der Waals surface area contributed by atoms with Crippen molar-refractivity contribution in [2.45, 2.75) is 32.1 Å². The van der Waals surface area contributed by atoms with Gasteiger partial charge in [-0.15, -0.1) is 0 Å². The average molecular weight is 131 g/mol. The SMILES string of the molecule is NCC1CCCCC1.O. The van der Waals surface area contributed by atoms with Gasteiger partial charge >= 0.3 is 0 Å². The van der Waals surface area contributed by atoms with Crippen LogP contribution >= 0.6 is 0 Å². The van der Waals surface area contributed by atoms with Crippen molar-refractivity contribution in [3.05, 3.63) is 0 Å². The topological polar surface area (TPSA) is 57.5 Å². The Labute approximate surface area is 56.7 Å². The smallest absolute Gasteiger partial charge is 0.00489 e. The summed E-state index contributed by atoms with van der Waals surface area (Å²) in [5, 5.41) is 0. The normalized spacial score (nSPS) is 21.0. The third kappa shape index (κ3) is 2.82. The van der Waals surface area contributed by atoms with Crippen LogP contribution in [-0.2, 0) is 0 Å². The molecule has 0 aromatic heterocycles. The van der Waals surface area contributed by atoms with E-state index in [4.69, 9.17) is 5.73 Å². The minimum absolute atomic E-state index is 0. The van der Waals surface area contributed by atoms with Gasteiger partial charge in [-0.05, 0) is 25.3 Å². The first-order valence-corrected chi connectivity index (χ1v) is 3.63. The maximum atomic E-state index is 5.50. The zero-order valence-electron chi connectivity index (χ0n) is 5.90. The summed E-state index contributed by atoms with van der Waals surface area (Å²) in [6.45, 7) is 0.917. The van der Waals surface area contributed by atoms with Gasteiger partial charge in [0.25, 0.3) is 0 Å². The van der Waals surface area contributed by atoms with Gasteiger partial charge < -0.3 is 11.2 Å². The highest BCUT2D eigenvalue weighted by Crippen LogP contribution is 2.21. The summed E-state index contributed by atoms with van der Waals surface area (Å²) in [6, 6.07) is 0. The molecular weight excluding hydrogens is 114 g/mol. The molecule has 0 atom stereocenters. The monoisotopic (exact) mass is 131 g/mol. The summed E-state index contributed by atoms with van der Waals surface area (Å²) < 4.78 is 0. The van der Waals surface area contributed by atoms with Crippen LogP contribution in [0.15, 0.2) is 0 Å². The third-order valence-electron chi connectivity index (χ3n) is 2.06. The van der Waals surface area contributed by atoms with E-state index in [1.54, 1.807) is 0 Å². The van der Waals surface area contributed by atoms with Gasteiger partial charge in [0.15, 0.2) is 0 Å². The molecule has 56 valence electrons. The predicted molar refractivity (Wildman–Crippen MR) is 39.2 cm³/mol. The number of hydrogen-bond donors (Lipinski definition) is 1. The molecule has 9 heavy (non-hydrogen) atoms. The second kappa shape index (κ2) is 4.77. The summed E-state index contributed by atoms with van der Waals surface area (Å²) in [4.78, 5) is 0. The first kappa shape index (κ1) is 8.92. The van der Waals surface area contributed by atoms with E-state index in [1.807, 2.05) is 0 Å². The zero-order chi connectivity index (χ0) is 5.82. The molecule has 0 aromatic rings. The quantitative estimate of drug-likeness (QED) is 0.559. The maximum Gasteiger partial charge on any atom is -0.00489 e. The molecule has 0 aliphatic heterocycles. The molecule has 2 nitrogen and oxygen atoms in total. The highest BCUT2D eigenvalue weighted by molar-refractivity contribution is 4.65. The van der Waals surface area contributed by atoms with Crippen molar-refractivity contribution in [3.8, 4) is 0 Å². The van der Waals surface area contributed by atoms with E-state index in [1.165, 1.54) is 32.1 Å². The van der Waals surface area contributed by atoms with E-state index >= 15 is 0 Å². The van der Waals surface area contributed by atoms with Gasteiger partial charge in [0.05, 0.1) is 0 Å². The van der Waals surface area contributed by atoms with Crippen molar-refractivity contribution in [1.82, 2.24) is 0 Å². The maximum absolute atomic E-state index is 5.50. The zero-order valence-corrected chi connectivity index (χ0v) is 5.90. The van der Waals surface area contributed by atoms with Crippen molar-refractivity contribution in [3.63, 3.8) is 0 Å². The molecule has 0 heterocycles. The molecule has 2 heteroatoms. The number of rotatable bonds is 1. The lowest BCUT2D eigenvalue weighted by Gasteiger charge is -2.18. The number of hydrogen-bond acceptors (Lipinski definition) is 1. The Morgan fingerprint density at radius 2 is 1.67 bits per heavy atom. The lowest BCUT2D eigenvalue weighted by molar-refractivity contribution is 0.366. The minimum Gasteiger partial charge on any atom is -0.412 e. The standard InChI is InChI=1S/C7H15N.H2O/c8-6-7-4-2-1-3-5-7;/h7H,1-6,8H2;1H2. The highest BCUT2D eigenvalue weighted by Gasteiger charge is 2.09. The van der Waals surface area contributed by atoms with Crippen LogP contribution in [0, 0.1) is 5.92 Å². The molecule has 1 aliphatic rings. The van der Waals surface area contributed by atoms with Crippen LogP contribution < -0.4 is 5.73 Å². The van der Waals surface area contributed by atoms with E-state index in [0.29, 0.717) is 0 Å². The Morgan fingerprint density at radius 3 is 2.00 bits per heavy atom. The molecule has 1 rings (SSSR count). The van der Waals surface area contributed by atoms with E-state index in [9.17, 15) is 0 Å². The second-order valence-electron chi connectivity index (χ2n) is 2.74. The molecule has 0 bridgehead atoms. The predicted octanol–water partition coefficient (Wildman–Crippen LogP) is 0.701. The van der Waals surface area contributed by atoms with Crippen molar-refractivity contribution in [2.75, 3.05) is 6.54 Å². The lowest BCUT2D eigenvalue weighted by Crippen LogP contribution is -2.16. The van der Waals surface area contributed by atoms with Crippen molar-refractivity contribution in [1.29, 1.82) is 0 Å². The molecule has 0 aromatic carbocycles. The molecule has 0 amide bonds. The van der Waals surface area contributed by atoms with E-state index < -0.39 is 0 Å². The minimum atomic E-state index is 0. The van der Waals surface area contributed by atoms with Crippen LogP contribution in [0.1, 0.15) is 32.1 Å². The first-order chi connectivity index (χ1) is 3.93. The van der Waals surface area contributed by atoms with Gasteiger partial charge in [0.2, 0.25) is 0 Å². The molecule has 1 fully saturated rings. The second-order valence-corrected chi connectivity index (χ2v) is 2.74. The van der Waals surface area contributed by atoms with Gasteiger partial charge in [-0.2, -0.15) is 0 Å². The van der Waals surface area contributed by atoms with Crippen LogP contribution in [0.25, 0.3) is 0 Å². The Kier molecular flexibility index (Phi) is 4.72. The Morgan fingerprint density at radius 1 is 1.11 bits per heavy atom. The van der Waals surface area contributed by atoms with Crippen LogP contribution in [0.2, 0.25) is 0 Å². The van der Waals surface area contributed by atoms with Crippen LogP contribution in [0.3, 0.4) is 0 Å². The fraction of sp³-hybridized carbons (Fsp3) is 1.00. The van der Waals surface area contributed by atoms with Gasteiger partial charge in [-0.1, -0.05) is 19.3 Å². The summed E-state index contributed by atoms with van der Waals surface area (Å²) in [5.41, 5.74) is 5.50. The Hall–Kier alpha value is -0.0800. The molecule has 4 N–H and O–H groups in total. The van der Waals surface area contributed by atoms with Crippen molar-refractivity contribution >= 4 is 0 Å². The molecule has 0 radical (unpaired) electrons. The van der Waals surface area contributed by atoms with E-state index in [2.05, 4.69) is 0 Å². The molecule has 1 saturated carbocycles. The highest BCUT2D eigenvalue weighted by atomic mass is 16.0. The lowest BCUT2D eigenvalue weighted by atomic mass is 9.90. The van der Waals surface area contributed by atoms with Gasteiger partial charge in [0, 0.05) is 0 Å². The van der Waals surface area contributed by atoms with Crippen LogP contribution in [0.5, 0.6) is 0 Å². The molecule has 1 aliphatic carbocycles. The van der Waals surface area contributed by atoms with Gasteiger partial charge in [-0.25, -0.2) is 0 Å². The first-order valence-electron chi connectivity index (χ1n) is 3.63. The fourth-order valence-corrected chi connectivity index (χ4v) is 1.42. The summed E-state index contributed by atoms with van der Waals surface area (Å²) in [6.07, 6.45) is 7.05. The Bertz CT molecular complexity index is 59.9. The fourth-order valence-electron chi connectivity index (χ4n) is 1.42. The average Bonchev–Trinajstić information content (AvgIpc) is 1.90. The van der Waals surface area contributed by atoms with Crippen molar-refractivity contribution < 1.29 is 5.48 Å². The molecule has 0 saturated heterocycles. The van der Waals surface area contributed by atoms with Crippen molar-refractivity contribution in [2.24, 2.45) is 11.7 Å². The number of nitrogens with two attached hydrogens (primary N) is 1. The summed E-state index contributed by atoms with van der Waals surface area (Å²) in [7, 11) is 0. The molecular formula is C7H17NO. The van der Waals surface area contributed by atoms with E-state index in [0.717, 1.165) is 12.5 Å². The third-order valence-corrected chi connectivity index (χ3v) is 2.06.